The Labute approximate surface area is 168 Å². The number of ketones is 1. The molecule has 0 spiro atoms. The van der Waals surface area contributed by atoms with Gasteiger partial charge in [0.05, 0.1) is 13.2 Å². The Morgan fingerprint density at radius 2 is 1.68 bits per heavy atom. The summed E-state index contributed by atoms with van der Waals surface area (Å²) in [5.74, 6) is 0.213. The molecule has 1 aromatic rings. The number of aryl methyl sites for hydroxylation is 1. The number of hydrogen-bond acceptors (Lipinski definition) is 4. The van der Waals surface area contributed by atoms with Gasteiger partial charge in [-0.25, -0.2) is 4.79 Å². The number of hydrogen-bond donors (Lipinski definition) is 1. The topological polar surface area (TPSA) is 61.9 Å². The fourth-order valence-corrected chi connectivity index (χ4v) is 3.98. The molecule has 0 radical (unpaired) electrons. The van der Waals surface area contributed by atoms with E-state index < -0.39 is 0 Å². The largest absolute Gasteiger partial charge is 0.379 e. The highest BCUT2D eigenvalue weighted by atomic mass is 16.5. The summed E-state index contributed by atoms with van der Waals surface area (Å²) < 4.78 is 5.42. The van der Waals surface area contributed by atoms with E-state index in [4.69, 9.17) is 4.74 Å². The van der Waals surface area contributed by atoms with Crippen LogP contribution in [0.25, 0.3) is 0 Å². The number of likely N-dealkylation sites (tertiary alicyclic amines) is 1. The summed E-state index contributed by atoms with van der Waals surface area (Å²) in [5.41, 5.74) is 1.84. The summed E-state index contributed by atoms with van der Waals surface area (Å²) in [7, 11) is 0. The predicted octanol–water partition coefficient (Wildman–Crippen LogP) is 2.71. The number of nitrogens with zero attached hydrogens (tertiary/aromatic N) is 2. The Hall–Kier alpha value is -1.92. The van der Waals surface area contributed by atoms with Crippen molar-refractivity contribution in [2.75, 3.05) is 45.9 Å². The zero-order valence-electron chi connectivity index (χ0n) is 17.4. The molecule has 154 valence electrons. The normalized spacial score (nSPS) is 19.5. The van der Waals surface area contributed by atoms with E-state index in [0.717, 1.165) is 50.3 Å². The van der Waals surface area contributed by atoms with Crippen LogP contribution in [0, 0.1) is 12.8 Å². The number of morpholine rings is 1. The molecular formula is C22H33N3O3. The van der Waals surface area contributed by atoms with Gasteiger partial charge in [0.15, 0.2) is 5.78 Å². The van der Waals surface area contributed by atoms with Gasteiger partial charge in [-0.15, -0.1) is 0 Å². The molecule has 0 aliphatic carbocycles. The second kappa shape index (κ2) is 9.05. The van der Waals surface area contributed by atoms with E-state index in [9.17, 15) is 9.59 Å². The lowest BCUT2D eigenvalue weighted by atomic mass is 9.89. The number of rotatable bonds is 5. The standard InChI is InChI=1S/C22H33N3O3/c1-17-4-6-18(7-5-17)20(26)19-8-10-24(11-9-19)21(27)23-16-22(2,3)25-12-14-28-15-13-25/h4-7,19H,8-16H2,1-3H3,(H,23,27). The molecule has 2 aliphatic heterocycles. The van der Waals surface area contributed by atoms with Crippen LogP contribution in [0.5, 0.6) is 0 Å². The van der Waals surface area contributed by atoms with Crippen LogP contribution in [-0.4, -0.2) is 73.1 Å². The van der Waals surface area contributed by atoms with Crippen molar-refractivity contribution >= 4 is 11.8 Å². The van der Waals surface area contributed by atoms with Crippen molar-refractivity contribution in [3.63, 3.8) is 0 Å². The zero-order valence-corrected chi connectivity index (χ0v) is 17.4. The minimum Gasteiger partial charge on any atom is -0.379 e. The molecule has 6 nitrogen and oxygen atoms in total. The van der Waals surface area contributed by atoms with Crippen LogP contribution in [0.2, 0.25) is 0 Å². The maximum Gasteiger partial charge on any atom is 0.317 e. The molecule has 0 aromatic heterocycles. The summed E-state index contributed by atoms with van der Waals surface area (Å²) >= 11 is 0. The smallest absolute Gasteiger partial charge is 0.317 e. The Balaban J connectivity index is 1.45. The van der Waals surface area contributed by atoms with Gasteiger partial charge in [0.1, 0.15) is 0 Å². The third-order valence-corrected chi connectivity index (χ3v) is 6.03. The van der Waals surface area contributed by atoms with Gasteiger partial charge in [-0.2, -0.15) is 0 Å². The Morgan fingerprint density at radius 3 is 2.29 bits per heavy atom. The van der Waals surface area contributed by atoms with Gasteiger partial charge in [0.2, 0.25) is 0 Å². The summed E-state index contributed by atoms with van der Waals surface area (Å²) in [5, 5.41) is 3.09. The maximum atomic E-state index is 12.7. The molecule has 1 aromatic carbocycles. The average molecular weight is 388 g/mol. The van der Waals surface area contributed by atoms with E-state index in [2.05, 4.69) is 24.1 Å². The van der Waals surface area contributed by atoms with Crippen LogP contribution in [-0.2, 0) is 4.74 Å². The molecule has 28 heavy (non-hydrogen) atoms. The van der Waals surface area contributed by atoms with Crippen LogP contribution < -0.4 is 5.32 Å². The molecule has 2 amide bonds. The van der Waals surface area contributed by atoms with E-state index in [0.29, 0.717) is 19.6 Å². The van der Waals surface area contributed by atoms with E-state index in [-0.39, 0.29) is 23.3 Å². The van der Waals surface area contributed by atoms with Crippen LogP contribution in [0.1, 0.15) is 42.6 Å². The van der Waals surface area contributed by atoms with Gasteiger partial charge in [-0.3, -0.25) is 9.69 Å². The van der Waals surface area contributed by atoms with Crippen molar-refractivity contribution in [2.45, 2.75) is 39.2 Å². The van der Waals surface area contributed by atoms with E-state index >= 15 is 0 Å². The summed E-state index contributed by atoms with van der Waals surface area (Å²) in [4.78, 5) is 29.5. The number of urea groups is 1. The average Bonchev–Trinajstić information content (AvgIpc) is 2.73. The number of piperidine rings is 1. The van der Waals surface area contributed by atoms with Crippen molar-refractivity contribution < 1.29 is 14.3 Å². The van der Waals surface area contributed by atoms with Crippen LogP contribution in [0.4, 0.5) is 4.79 Å². The molecule has 3 rings (SSSR count). The molecule has 0 bridgehead atoms. The lowest BCUT2D eigenvalue weighted by Gasteiger charge is -2.41. The second-order valence-electron chi connectivity index (χ2n) is 8.56. The van der Waals surface area contributed by atoms with E-state index in [1.165, 1.54) is 0 Å². The molecular weight excluding hydrogens is 354 g/mol. The fraction of sp³-hybridized carbons (Fsp3) is 0.636. The van der Waals surface area contributed by atoms with Crippen molar-refractivity contribution in [1.29, 1.82) is 0 Å². The predicted molar refractivity (Wildman–Crippen MR) is 110 cm³/mol. The molecule has 2 fully saturated rings. The first kappa shape index (κ1) is 20.8. The van der Waals surface area contributed by atoms with Gasteiger partial charge >= 0.3 is 6.03 Å². The highest BCUT2D eigenvalue weighted by Crippen LogP contribution is 2.22. The summed E-state index contributed by atoms with van der Waals surface area (Å²) in [6.07, 6.45) is 1.46. The number of ether oxygens (including phenoxy) is 1. The van der Waals surface area contributed by atoms with Crippen LogP contribution >= 0.6 is 0 Å². The molecule has 6 heteroatoms. The van der Waals surface area contributed by atoms with Gasteiger partial charge in [0.25, 0.3) is 0 Å². The lowest BCUT2D eigenvalue weighted by molar-refractivity contribution is -0.00911. The second-order valence-corrected chi connectivity index (χ2v) is 8.56. The van der Waals surface area contributed by atoms with Crippen LogP contribution in [0.15, 0.2) is 24.3 Å². The van der Waals surface area contributed by atoms with Crippen molar-refractivity contribution in [2.24, 2.45) is 5.92 Å². The number of carbonyl (C=O) groups is 2. The Bertz CT molecular complexity index is 673. The number of benzene rings is 1. The summed E-state index contributed by atoms with van der Waals surface area (Å²) in [6.45, 7) is 11.5. The zero-order chi connectivity index (χ0) is 20.1. The monoisotopic (exact) mass is 387 g/mol. The molecule has 2 aliphatic rings. The van der Waals surface area contributed by atoms with Crippen molar-refractivity contribution in [3.8, 4) is 0 Å². The number of Topliss-reactive ketones (excluding diaryl/α,β-unsaturated/α-hetero) is 1. The molecule has 0 saturated carbocycles. The first-order valence-electron chi connectivity index (χ1n) is 10.3. The SMILES string of the molecule is Cc1ccc(C(=O)C2CCN(C(=O)NCC(C)(C)N3CCOCC3)CC2)cc1. The first-order valence-corrected chi connectivity index (χ1v) is 10.3. The molecule has 2 saturated heterocycles. The van der Waals surface area contributed by atoms with Gasteiger partial charge in [0, 0.05) is 49.7 Å². The minimum absolute atomic E-state index is 0.0107. The molecule has 0 unspecified atom stereocenters. The minimum atomic E-state index is -0.0980. The summed E-state index contributed by atoms with van der Waals surface area (Å²) in [6, 6.07) is 7.75. The number of carbonyl (C=O) groups excluding carboxylic acids is 2. The molecule has 1 N–H and O–H groups in total. The lowest BCUT2D eigenvalue weighted by Crippen LogP contribution is -2.57. The van der Waals surface area contributed by atoms with Gasteiger partial charge in [-0.1, -0.05) is 29.8 Å². The number of amides is 2. The third kappa shape index (κ3) is 5.11. The van der Waals surface area contributed by atoms with E-state index in [1.807, 2.05) is 36.1 Å². The molecule has 0 atom stereocenters. The van der Waals surface area contributed by atoms with Gasteiger partial charge < -0.3 is 15.0 Å². The quantitative estimate of drug-likeness (QED) is 0.789. The first-order chi connectivity index (χ1) is 13.4. The van der Waals surface area contributed by atoms with Crippen molar-refractivity contribution in [3.05, 3.63) is 35.4 Å². The maximum absolute atomic E-state index is 12.7. The van der Waals surface area contributed by atoms with Crippen molar-refractivity contribution in [1.82, 2.24) is 15.1 Å². The third-order valence-electron chi connectivity index (χ3n) is 6.03. The highest BCUT2D eigenvalue weighted by Gasteiger charge is 2.31. The Morgan fingerprint density at radius 1 is 1.07 bits per heavy atom. The van der Waals surface area contributed by atoms with Gasteiger partial charge in [-0.05, 0) is 33.6 Å². The fourth-order valence-electron chi connectivity index (χ4n) is 3.98. The Kier molecular flexibility index (Phi) is 6.73. The molecule has 2 heterocycles. The van der Waals surface area contributed by atoms with E-state index in [1.54, 1.807) is 0 Å². The van der Waals surface area contributed by atoms with Crippen LogP contribution in [0.3, 0.4) is 0 Å². The highest BCUT2D eigenvalue weighted by molar-refractivity contribution is 5.98. The number of nitrogens with one attached hydrogen (secondary N) is 1.